The molecule has 0 unspecified atom stereocenters. The molecule has 2 aromatic carbocycles. The number of benzene rings is 2. The van der Waals surface area contributed by atoms with Gasteiger partial charge in [0.05, 0.1) is 24.8 Å². The summed E-state index contributed by atoms with van der Waals surface area (Å²) in [4.78, 5) is 11.2. The van der Waals surface area contributed by atoms with Crippen LogP contribution in [0.4, 0.5) is 5.69 Å². The third-order valence-electron chi connectivity index (χ3n) is 3.38. The first-order chi connectivity index (χ1) is 11.9. The predicted molar refractivity (Wildman–Crippen MR) is 92.5 cm³/mol. The number of anilines is 1. The number of nitrogens with one attached hydrogen (secondary N) is 1. The number of hydrogen-bond acceptors (Lipinski definition) is 6. The van der Waals surface area contributed by atoms with Gasteiger partial charge in [0.25, 0.3) is 10.0 Å². The zero-order chi connectivity index (χ0) is 18.4. The van der Waals surface area contributed by atoms with Gasteiger partial charge in [-0.25, -0.2) is 13.2 Å². The number of carbonyl (C=O) groups excluding carboxylic acids is 1. The van der Waals surface area contributed by atoms with Crippen molar-refractivity contribution in [3.63, 3.8) is 0 Å². The van der Waals surface area contributed by atoms with E-state index in [-0.39, 0.29) is 11.5 Å². The second-order valence-corrected chi connectivity index (χ2v) is 6.78. The Morgan fingerprint density at radius 3 is 2.44 bits per heavy atom. The number of hydrogen-bond donors (Lipinski definition) is 1. The molecule has 2 aromatic rings. The van der Waals surface area contributed by atoms with Gasteiger partial charge in [-0.15, -0.1) is 0 Å². The number of rotatable bonds is 7. The van der Waals surface area contributed by atoms with Gasteiger partial charge in [0.1, 0.15) is 11.5 Å². The lowest BCUT2D eigenvalue weighted by molar-refractivity contribution is -0.142. The molecule has 0 spiro atoms. The van der Waals surface area contributed by atoms with Gasteiger partial charge in [0, 0.05) is 0 Å². The van der Waals surface area contributed by atoms with Crippen molar-refractivity contribution in [1.82, 2.24) is 0 Å². The SMILES string of the molecule is COC(=O)COc1ccc(S(=O)(=O)Nc2ccccc2OC)cc1C. The summed E-state index contributed by atoms with van der Waals surface area (Å²) in [7, 11) is -1.07. The minimum Gasteiger partial charge on any atom is -0.495 e. The highest BCUT2D eigenvalue weighted by molar-refractivity contribution is 7.92. The Labute approximate surface area is 146 Å². The van der Waals surface area contributed by atoms with E-state index in [0.717, 1.165) is 0 Å². The summed E-state index contributed by atoms with van der Waals surface area (Å²) in [5.74, 6) is 0.302. The standard InChI is InChI=1S/C17H19NO6S/c1-12-10-13(8-9-15(12)24-11-17(19)23-3)25(20,21)18-14-6-4-5-7-16(14)22-2/h4-10,18H,11H2,1-3H3. The molecule has 0 aliphatic carbocycles. The number of para-hydroxylation sites is 2. The van der Waals surface area contributed by atoms with E-state index in [4.69, 9.17) is 9.47 Å². The van der Waals surface area contributed by atoms with Gasteiger partial charge in [0.2, 0.25) is 0 Å². The minimum atomic E-state index is -3.80. The zero-order valence-corrected chi connectivity index (χ0v) is 14.9. The molecular formula is C17H19NO6S. The van der Waals surface area contributed by atoms with Crippen LogP contribution in [0.15, 0.2) is 47.4 Å². The summed E-state index contributed by atoms with van der Waals surface area (Å²) in [6.07, 6.45) is 0. The van der Waals surface area contributed by atoms with Gasteiger partial charge >= 0.3 is 5.97 Å². The van der Waals surface area contributed by atoms with E-state index < -0.39 is 16.0 Å². The Bertz CT molecular complexity index is 863. The largest absolute Gasteiger partial charge is 0.495 e. The summed E-state index contributed by atoms with van der Waals surface area (Å²) in [5, 5.41) is 0. The third kappa shape index (κ3) is 4.63. The van der Waals surface area contributed by atoms with Crippen LogP contribution in [0.3, 0.4) is 0 Å². The highest BCUT2D eigenvalue weighted by atomic mass is 32.2. The number of methoxy groups -OCH3 is 2. The molecular weight excluding hydrogens is 346 g/mol. The van der Waals surface area contributed by atoms with E-state index in [1.807, 2.05) is 0 Å². The number of aryl methyl sites for hydroxylation is 1. The molecule has 1 N–H and O–H groups in total. The minimum absolute atomic E-state index is 0.0707. The second kappa shape index (κ2) is 7.89. The molecule has 0 atom stereocenters. The van der Waals surface area contributed by atoms with Crippen molar-refractivity contribution in [2.24, 2.45) is 0 Å². The Morgan fingerprint density at radius 2 is 1.80 bits per heavy atom. The summed E-state index contributed by atoms with van der Waals surface area (Å²) < 4.78 is 42.6. The molecule has 2 rings (SSSR count). The molecule has 0 bridgehead atoms. The third-order valence-corrected chi connectivity index (χ3v) is 4.74. The Hall–Kier alpha value is -2.74. The molecule has 0 radical (unpaired) electrons. The van der Waals surface area contributed by atoms with Crippen molar-refractivity contribution >= 4 is 21.7 Å². The lowest BCUT2D eigenvalue weighted by Gasteiger charge is -2.13. The summed E-state index contributed by atoms with van der Waals surface area (Å²) in [6, 6.07) is 11.1. The summed E-state index contributed by atoms with van der Waals surface area (Å²) in [6.45, 7) is 1.44. The lowest BCUT2D eigenvalue weighted by atomic mass is 10.2. The molecule has 0 heterocycles. The molecule has 0 saturated carbocycles. The van der Waals surface area contributed by atoms with Crippen LogP contribution in [0.1, 0.15) is 5.56 Å². The Kier molecular flexibility index (Phi) is 5.87. The van der Waals surface area contributed by atoms with Crippen LogP contribution in [0.25, 0.3) is 0 Å². The molecule has 0 aliphatic rings. The molecule has 7 nitrogen and oxygen atoms in total. The Balaban J connectivity index is 2.22. The first kappa shape index (κ1) is 18.6. The first-order valence-electron chi connectivity index (χ1n) is 7.33. The van der Waals surface area contributed by atoms with Crippen LogP contribution in [0, 0.1) is 6.92 Å². The van der Waals surface area contributed by atoms with E-state index in [2.05, 4.69) is 9.46 Å². The van der Waals surface area contributed by atoms with Crippen LogP contribution in [0.2, 0.25) is 0 Å². The maximum atomic E-state index is 12.6. The smallest absolute Gasteiger partial charge is 0.343 e. The van der Waals surface area contributed by atoms with Crippen molar-refractivity contribution in [2.45, 2.75) is 11.8 Å². The van der Waals surface area contributed by atoms with Crippen molar-refractivity contribution in [3.05, 3.63) is 48.0 Å². The van der Waals surface area contributed by atoms with Crippen molar-refractivity contribution < 1.29 is 27.4 Å². The number of carbonyl (C=O) groups is 1. The molecule has 0 amide bonds. The highest BCUT2D eigenvalue weighted by Crippen LogP contribution is 2.28. The van der Waals surface area contributed by atoms with Gasteiger partial charge in [-0.3, -0.25) is 4.72 Å². The molecule has 0 aromatic heterocycles. The van der Waals surface area contributed by atoms with E-state index in [1.165, 1.54) is 32.4 Å². The molecule has 134 valence electrons. The second-order valence-electron chi connectivity index (χ2n) is 5.10. The van der Waals surface area contributed by atoms with Crippen LogP contribution in [-0.4, -0.2) is 35.2 Å². The van der Waals surface area contributed by atoms with Crippen LogP contribution in [-0.2, 0) is 19.6 Å². The quantitative estimate of drug-likeness (QED) is 0.758. The topological polar surface area (TPSA) is 90.9 Å². The average Bonchev–Trinajstić information content (AvgIpc) is 2.60. The normalized spacial score (nSPS) is 10.8. The average molecular weight is 365 g/mol. The fraction of sp³-hybridized carbons (Fsp3) is 0.235. The maximum absolute atomic E-state index is 12.6. The Morgan fingerprint density at radius 1 is 1.08 bits per heavy atom. The molecule has 0 aliphatic heterocycles. The van der Waals surface area contributed by atoms with Gasteiger partial charge in [-0.1, -0.05) is 12.1 Å². The van der Waals surface area contributed by atoms with Gasteiger partial charge in [-0.05, 0) is 42.8 Å². The lowest BCUT2D eigenvalue weighted by Crippen LogP contribution is -2.15. The highest BCUT2D eigenvalue weighted by Gasteiger charge is 2.18. The van der Waals surface area contributed by atoms with E-state index in [0.29, 0.717) is 22.7 Å². The fourth-order valence-corrected chi connectivity index (χ4v) is 3.23. The van der Waals surface area contributed by atoms with Gasteiger partial charge in [0.15, 0.2) is 6.61 Å². The molecule has 0 saturated heterocycles. The molecule has 0 fully saturated rings. The van der Waals surface area contributed by atoms with E-state index >= 15 is 0 Å². The molecule has 25 heavy (non-hydrogen) atoms. The number of sulfonamides is 1. The monoisotopic (exact) mass is 365 g/mol. The number of esters is 1. The van der Waals surface area contributed by atoms with Crippen molar-refractivity contribution in [2.75, 3.05) is 25.5 Å². The van der Waals surface area contributed by atoms with Crippen LogP contribution < -0.4 is 14.2 Å². The first-order valence-corrected chi connectivity index (χ1v) is 8.82. The van der Waals surface area contributed by atoms with Crippen LogP contribution >= 0.6 is 0 Å². The summed E-state index contributed by atoms with van der Waals surface area (Å²) >= 11 is 0. The van der Waals surface area contributed by atoms with Gasteiger partial charge in [-0.2, -0.15) is 0 Å². The van der Waals surface area contributed by atoms with Crippen molar-refractivity contribution in [1.29, 1.82) is 0 Å². The van der Waals surface area contributed by atoms with Gasteiger partial charge < -0.3 is 14.2 Å². The summed E-state index contributed by atoms with van der Waals surface area (Å²) in [5.41, 5.74) is 0.917. The predicted octanol–water partition coefficient (Wildman–Crippen LogP) is 2.36. The zero-order valence-electron chi connectivity index (χ0n) is 14.1. The van der Waals surface area contributed by atoms with Crippen LogP contribution in [0.5, 0.6) is 11.5 Å². The van der Waals surface area contributed by atoms with E-state index in [1.54, 1.807) is 31.2 Å². The van der Waals surface area contributed by atoms with Crippen molar-refractivity contribution in [3.8, 4) is 11.5 Å². The van der Waals surface area contributed by atoms with E-state index in [9.17, 15) is 13.2 Å². The molecule has 8 heteroatoms. The maximum Gasteiger partial charge on any atom is 0.343 e. The number of ether oxygens (including phenoxy) is 3. The fourth-order valence-electron chi connectivity index (χ4n) is 2.08.